The maximum atomic E-state index is 13.9. The number of benzene rings is 1. The summed E-state index contributed by atoms with van der Waals surface area (Å²) < 4.78 is 20.1. The summed E-state index contributed by atoms with van der Waals surface area (Å²) in [6, 6.07) is 4.75. The van der Waals surface area contributed by atoms with Gasteiger partial charge in [0.25, 0.3) is 5.91 Å². The number of morpholine rings is 1. The molecule has 1 amide bonds. The fourth-order valence-corrected chi connectivity index (χ4v) is 3.70. The molecule has 6 heteroatoms. The molecule has 1 fully saturated rings. The molecule has 3 rings (SSSR count). The Kier molecular flexibility index (Phi) is 3.59. The van der Waals surface area contributed by atoms with E-state index in [-0.39, 0.29) is 29.6 Å². The van der Waals surface area contributed by atoms with E-state index in [2.05, 4.69) is 0 Å². The number of carbonyl (C=O) groups excluding carboxylic acids is 1. The Morgan fingerprint density at radius 3 is 2.95 bits per heavy atom. The Labute approximate surface area is 126 Å². The van der Waals surface area contributed by atoms with E-state index in [0.717, 1.165) is 0 Å². The van der Waals surface area contributed by atoms with Crippen LogP contribution in [-0.2, 0) is 4.74 Å². The van der Waals surface area contributed by atoms with Crippen LogP contribution < -0.4 is 5.73 Å². The molecule has 2 unspecified atom stereocenters. The molecule has 112 valence electrons. The molecule has 0 aliphatic carbocycles. The van der Waals surface area contributed by atoms with Crippen molar-refractivity contribution in [2.24, 2.45) is 0 Å². The van der Waals surface area contributed by atoms with Crippen molar-refractivity contribution < 1.29 is 13.9 Å². The van der Waals surface area contributed by atoms with Gasteiger partial charge in [-0.1, -0.05) is 6.07 Å². The van der Waals surface area contributed by atoms with Crippen molar-refractivity contribution in [3.63, 3.8) is 0 Å². The average Bonchev–Trinajstić information content (AvgIpc) is 2.79. The van der Waals surface area contributed by atoms with Crippen LogP contribution >= 0.6 is 11.3 Å². The molecule has 2 atom stereocenters. The summed E-state index contributed by atoms with van der Waals surface area (Å²) in [5, 5.41) is 0.347. The lowest BCUT2D eigenvalue weighted by atomic mass is 10.1. The number of nitrogens with zero attached hydrogens (tertiary/aromatic N) is 1. The summed E-state index contributed by atoms with van der Waals surface area (Å²) >= 11 is 1.25. The lowest BCUT2D eigenvalue weighted by molar-refractivity contribution is -0.0385. The van der Waals surface area contributed by atoms with E-state index in [1.54, 1.807) is 17.0 Å². The summed E-state index contributed by atoms with van der Waals surface area (Å²) in [7, 11) is 0. The largest absolute Gasteiger partial charge is 0.397 e. The lowest BCUT2D eigenvalue weighted by Crippen LogP contribution is -2.50. The highest BCUT2D eigenvalue weighted by Gasteiger charge is 2.31. The molecule has 1 aliphatic heterocycles. The minimum absolute atomic E-state index is 0.00233. The van der Waals surface area contributed by atoms with E-state index in [1.165, 1.54) is 17.4 Å². The molecular weight excluding hydrogens is 291 g/mol. The van der Waals surface area contributed by atoms with Crippen LogP contribution in [0, 0.1) is 5.82 Å². The van der Waals surface area contributed by atoms with E-state index in [1.807, 2.05) is 13.8 Å². The van der Waals surface area contributed by atoms with Gasteiger partial charge in [0.1, 0.15) is 10.7 Å². The monoisotopic (exact) mass is 308 g/mol. The maximum absolute atomic E-state index is 13.9. The first-order chi connectivity index (χ1) is 9.99. The summed E-state index contributed by atoms with van der Waals surface area (Å²) in [4.78, 5) is 14.9. The van der Waals surface area contributed by atoms with Crippen molar-refractivity contribution in [3.8, 4) is 0 Å². The number of thiophene rings is 1. The molecule has 0 spiro atoms. The van der Waals surface area contributed by atoms with Crippen LogP contribution in [0.4, 0.5) is 10.1 Å². The summed E-state index contributed by atoms with van der Waals surface area (Å²) in [6.07, 6.45) is -0.00233. The summed E-state index contributed by atoms with van der Waals surface area (Å²) in [5.41, 5.74) is 6.26. The molecule has 21 heavy (non-hydrogen) atoms. The highest BCUT2D eigenvalue weighted by molar-refractivity contribution is 7.21. The molecule has 1 aromatic heterocycles. The van der Waals surface area contributed by atoms with Crippen LogP contribution in [0.15, 0.2) is 18.2 Å². The number of halogens is 1. The first kappa shape index (κ1) is 14.3. The standard InChI is InChI=1S/C15H17FN2O2S/c1-8-7-20-9(2)6-18(8)15(19)14-13(17)12-10(16)4-3-5-11(12)21-14/h3-5,8-9H,6-7,17H2,1-2H3. The normalized spacial score (nSPS) is 22.7. The van der Waals surface area contributed by atoms with Crippen molar-refractivity contribution in [1.29, 1.82) is 0 Å². The minimum atomic E-state index is -0.385. The number of rotatable bonds is 1. The number of amides is 1. The first-order valence-corrected chi connectivity index (χ1v) is 7.69. The van der Waals surface area contributed by atoms with Gasteiger partial charge in [-0.05, 0) is 26.0 Å². The molecule has 2 aromatic rings. The van der Waals surface area contributed by atoms with Crippen molar-refractivity contribution in [2.45, 2.75) is 26.0 Å². The Morgan fingerprint density at radius 1 is 1.48 bits per heavy atom. The van der Waals surface area contributed by atoms with Gasteiger partial charge in [0.15, 0.2) is 0 Å². The number of ether oxygens (including phenoxy) is 1. The van der Waals surface area contributed by atoms with E-state index >= 15 is 0 Å². The second-order valence-electron chi connectivity index (χ2n) is 5.41. The van der Waals surface area contributed by atoms with Crippen molar-refractivity contribution in [1.82, 2.24) is 4.90 Å². The minimum Gasteiger partial charge on any atom is -0.397 e. The summed E-state index contributed by atoms with van der Waals surface area (Å²) in [5.74, 6) is -0.528. The molecule has 2 N–H and O–H groups in total. The number of carbonyl (C=O) groups is 1. The van der Waals surface area contributed by atoms with Gasteiger partial charge in [-0.3, -0.25) is 4.79 Å². The van der Waals surface area contributed by atoms with Crippen molar-refractivity contribution >= 4 is 33.0 Å². The van der Waals surface area contributed by atoms with Crippen LogP contribution in [0.2, 0.25) is 0 Å². The zero-order valence-electron chi connectivity index (χ0n) is 11.9. The predicted molar refractivity (Wildman–Crippen MR) is 82.1 cm³/mol. The topological polar surface area (TPSA) is 55.6 Å². The maximum Gasteiger partial charge on any atom is 0.266 e. The van der Waals surface area contributed by atoms with Crippen LogP contribution in [0.3, 0.4) is 0 Å². The highest BCUT2D eigenvalue weighted by Crippen LogP contribution is 2.36. The summed E-state index contributed by atoms with van der Waals surface area (Å²) in [6.45, 7) is 4.90. The fourth-order valence-electron chi connectivity index (χ4n) is 2.60. The molecule has 0 radical (unpaired) electrons. The molecule has 1 aliphatic rings. The number of fused-ring (bicyclic) bond motifs is 1. The zero-order chi connectivity index (χ0) is 15.1. The molecule has 1 aromatic carbocycles. The van der Waals surface area contributed by atoms with E-state index in [9.17, 15) is 9.18 Å². The van der Waals surface area contributed by atoms with Crippen LogP contribution in [0.1, 0.15) is 23.5 Å². The third kappa shape index (κ3) is 2.38. The number of hydrogen-bond acceptors (Lipinski definition) is 4. The van der Waals surface area contributed by atoms with Gasteiger partial charge in [0.2, 0.25) is 0 Å². The van der Waals surface area contributed by atoms with Gasteiger partial charge in [-0.2, -0.15) is 0 Å². The van der Waals surface area contributed by atoms with E-state index in [4.69, 9.17) is 10.5 Å². The van der Waals surface area contributed by atoms with Crippen LogP contribution in [-0.4, -0.2) is 36.1 Å². The molecule has 4 nitrogen and oxygen atoms in total. The molecule has 1 saturated heterocycles. The van der Waals surface area contributed by atoms with Crippen molar-refractivity contribution in [3.05, 3.63) is 28.9 Å². The molecule has 2 heterocycles. The average molecular weight is 308 g/mol. The van der Waals surface area contributed by atoms with Crippen LogP contribution in [0.25, 0.3) is 10.1 Å². The van der Waals surface area contributed by atoms with Crippen molar-refractivity contribution in [2.75, 3.05) is 18.9 Å². The fraction of sp³-hybridized carbons (Fsp3) is 0.400. The van der Waals surface area contributed by atoms with E-state index in [0.29, 0.717) is 28.1 Å². The Hall–Kier alpha value is -1.66. The lowest BCUT2D eigenvalue weighted by Gasteiger charge is -2.36. The SMILES string of the molecule is CC1CN(C(=O)c2sc3cccc(F)c3c2N)C(C)CO1. The Balaban J connectivity index is 2.02. The number of anilines is 1. The number of hydrogen-bond donors (Lipinski definition) is 1. The van der Waals surface area contributed by atoms with Gasteiger partial charge < -0.3 is 15.4 Å². The second kappa shape index (κ2) is 5.27. The first-order valence-electron chi connectivity index (χ1n) is 6.88. The second-order valence-corrected chi connectivity index (χ2v) is 6.46. The van der Waals surface area contributed by atoms with Gasteiger partial charge in [0, 0.05) is 11.2 Å². The van der Waals surface area contributed by atoms with E-state index < -0.39 is 0 Å². The molecule has 0 saturated carbocycles. The van der Waals surface area contributed by atoms with Gasteiger partial charge in [-0.15, -0.1) is 11.3 Å². The quantitative estimate of drug-likeness (QED) is 0.881. The predicted octanol–water partition coefficient (Wildman–Crippen LogP) is 2.87. The highest BCUT2D eigenvalue weighted by atomic mass is 32.1. The third-order valence-corrected chi connectivity index (χ3v) is 4.92. The Bertz CT molecular complexity index is 700. The van der Waals surface area contributed by atoms with Gasteiger partial charge >= 0.3 is 0 Å². The zero-order valence-corrected chi connectivity index (χ0v) is 12.7. The van der Waals surface area contributed by atoms with Gasteiger partial charge in [-0.25, -0.2) is 4.39 Å². The third-order valence-electron chi connectivity index (χ3n) is 3.76. The van der Waals surface area contributed by atoms with Gasteiger partial charge in [0.05, 0.1) is 29.8 Å². The van der Waals surface area contributed by atoms with Crippen LogP contribution in [0.5, 0.6) is 0 Å². The molecule has 0 bridgehead atoms. The molecular formula is C15H17FN2O2S. The number of nitrogens with two attached hydrogens (primary N) is 1. The smallest absolute Gasteiger partial charge is 0.266 e. The number of nitrogen functional groups attached to an aromatic ring is 1. The Morgan fingerprint density at radius 2 is 2.24 bits per heavy atom.